The summed E-state index contributed by atoms with van der Waals surface area (Å²) >= 11 is 0. The molecule has 0 saturated heterocycles. The Morgan fingerprint density at radius 1 is 0.259 bits per heavy atom. The predicted octanol–water partition coefficient (Wildman–Crippen LogP) is 26.3. The first-order chi connectivity index (χ1) is 54.7. The van der Waals surface area contributed by atoms with Gasteiger partial charge in [-0.15, -0.1) is 0 Å². The Kier molecular flexibility index (Phi) is 79.6. The number of hydrogen-bond acceptors (Lipinski definition) is 15. The van der Waals surface area contributed by atoms with Gasteiger partial charge < -0.3 is 33.8 Å². The molecule has 0 spiro atoms. The van der Waals surface area contributed by atoms with E-state index in [2.05, 4.69) is 186 Å². The van der Waals surface area contributed by atoms with Crippen LogP contribution in [0.4, 0.5) is 0 Å². The van der Waals surface area contributed by atoms with Crippen LogP contribution in [-0.4, -0.2) is 96.7 Å². The van der Waals surface area contributed by atoms with E-state index < -0.39 is 97.5 Å². The van der Waals surface area contributed by atoms with Crippen molar-refractivity contribution in [2.45, 2.75) is 367 Å². The minimum atomic E-state index is -5.00. The summed E-state index contributed by atoms with van der Waals surface area (Å²) < 4.78 is 68.9. The second-order valence-electron chi connectivity index (χ2n) is 28.7. The SMILES string of the molecule is CC/C=C\C/C=C\C/C=C\C/C=C\CCCCCCCCC(=O)OCC(COP(=O)(O)OCC(O)COP(=O)(O)OCC(COC(=O)CCCCCCCC/C=C\C/C=C\C/C=C\CCCCC)OC(=O)CCCCCCC/C=C\C/C=C\C/C=C\CC)OC(=O)CCCCCCCC/C=C\C/C=C\C/C=C\CCCCC. The number of carbonyl (C=O) groups is 4. The summed E-state index contributed by atoms with van der Waals surface area (Å²) in [6.07, 6.45) is 99.0. The summed E-state index contributed by atoms with van der Waals surface area (Å²) in [7, 11) is -10.00. The smallest absolute Gasteiger partial charge is 0.462 e. The van der Waals surface area contributed by atoms with Gasteiger partial charge in [0, 0.05) is 25.7 Å². The van der Waals surface area contributed by atoms with Gasteiger partial charge >= 0.3 is 39.5 Å². The van der Waals surface area contributed by atoms with Gasteiger partial charge in [0.1, 0.15) is 19.3 Å². The molecule has 0 aliphatic carbocycles. The highest BCUT2D eigenvalue weighted by molar-refractivity contribution is 7.47. The van der Waals surface area contributed by atoms with Gasteiger partial charge in [0.05, 0.1) is 26.4 Å². The molecule has 0 aromatic heterocycles. The van der Waals surface area contributed by atoms with Gasteiger partial charge in [-0.25, -0.2) is 9.13 Å². The van der Waals surface area contributed by atoms with E-state index in [1.165, 1.54) is 38.5 Å². The molecule has 112 heavy (non-hydrogen) atoms. The van der Waals surface area contributed by atoms with Crippen molar-refractivity contribution in [3.05, 3.63) is 158 Å². The second kappa shape index (κ2) is 83.6. The van der Waals surface area contributed by atoms with E-state index in [1.807, 2.05) is 0 Å². The largest absolute Gasteiger partial charge is 0.472 e. The standard InChI is InChI=1S/C93H156O17P2/c1-5-9-13-17-21-25-29-33-37-40-43-46-50-53-57-61-65-69-73-77-90(95)103-83-88(109-92(97)79-75-71-67-63-59-55-49-36-32-28-24-20-16-12-8-4)85-107-111(99,100)105-81-87(94)82-106-112(101,102)108-86-89(110-93(98)80-76-72-68-64-60-56-52-48-45-42-39-35-31-27-23-19-15-11-7-3)84-104-91(96)78-74-70-66-62-58-54-51-47-44-41-38-34-30-26-22-18-14-10-6-2/h10,12,14,16,21-28,33-39,43-49,87-89,94H,5-9,11,13,15,17-20,29-32,40-42,50-86H2,1-4H3,(H,99,100)(H,101,102)/b14-10-,16-12-,25-21-,26-22-,27-23-,28-24-,37-33-,38-34-,39-35-,46-43-,47-44-,48-45-,49-36-. The number of carbonyl (C=O) groups excluding carboxylic acids is 4. The molecule has 0 rings (SSSR count). The third-order valence-electron chi connectivity index (χ3n) is 18.0. The normalized spacial score (nSPS) is 14.5. The molecule has 0 bridgehead atoms. The summed E-state index contributed by atoms with van der Waals surface area (Å²) in [6, 6.07) is 0. The van der Waals surface area contributed by atoms with Crippen LogP contribution in [0, 0.1) is 0 Å². The molecule has 0 radical (unpaired) electrons. The predicted molar refractivity (Wildman–Crippen MR) is 464 cm³/mol. The van der Waals surface area contributed by atoms with Gasteiger partial charge in [-0.2, -0.15) is 0 Å². The number of phosphoric ester groups is 2. The zero-order valence-electron chi connectivity index (χ0n) is 70.3. The fourth-order valence-corrected chi connectivity index (χ4v) is 12.9. The van der Waals surface area contributed by atoms with Crippen LogP contribution in [0.15, 0.2) is 158 Å². The molecule has 0 aliphatic rings. The lowest BCUT2D eigenvalue weighted by molar-refractivity contribution is -0.161. The zero-order chi connectivity index (χ0) is 81.7. The van der Waals surface area contributed by atoms with Crippen molar-refractivity contribution in [3.8, 4) is 0 Å². The minimum Gasteiger partial charge on any atom is -0.462 e. The fourth-order valence-electron chi connectivity index (χ4n) is 11.4. The van der Waals surface area contributed by atoms with Gasteiger partial charge in [0.25, 0.3) is 0 Å². The van der Waals surface area contributed by atoms with E-state index in [9.17, 15) is 43.2 Å². The quantitative estimate of drug-likeness (QED) is 0.0169. The van der Waals surface area contributed by atoms with Gasteiger partial charge in [-0.3, -0.25) is 37.3 Å². The Labute approximate surface area is 680 Å². The lowest BCUT2D eigenvalue weighted by Crippen LogP contribution is -2.30. The molecule has 0 aromatic carbocycles. The Morgan fingerprint density at radius 3 is 0.714 bits per heavy atom. The number of aliphatic hydroxyl groups is 1. The molecule has 0 aliphatic heterocycles. The van der Waals surface area contributed by atoms with Gasteiger partial charge in [-0.05, 0) is 173 Å². The van der Waals surface area contributed by atoms with Gasteiger partial charge in [0.2, 0.25) is 0 Å². The van der Waals surface area contributed by atoms with Crippen molar-refractivity contribution in [1.82, 2.24) is 0 Å². The molecule has 0 amide bonds. The van der Waals surface area contributed by atoms with Crippen LogP contribution in [0.2, 0.25) is 0 Å². The van der Waals surface area contributed by atoms with E-state index >= 15 is 0 Å². The molecule has 5 atom stereocenters. The Morgan fingerprint density at radius 2 is 0.464 bits per heavy atom. The maximum absolute atomic E-state index is 13.2. The lowest BCUT2D eigenvalue weighted by Gasteiger charge is -2.21. The monoisotopic (exact) mass is 1610 g/mol. The Balaban J connectivity index is 5.43. The number of hydrogen-bond donors (Lipinski definition) is 3. The van der Waals surface area contributed by atoms with E-state index in [-0.39, 0.29) is 25.7 Å². The summed E-state index contributed by atoms with van der Waals surface area (Å²) in [5.74, 6) is -2.23. The third-order valence-corrected chi connectivity index (χ3v) is 19.9. The molecule has 17 nitrogen and oxygen atoms in total. The number of allylic oxidation sites excluding steroid dienone is 26. The van der Waals surface area contributed by atoms with Crippen LogP contribution >= 0.6 is 15.6 Å². The van der Waals surface area contributed by atoms with E-state index in [0.29, 0.717) is 25.7 Å². The number of phosphoric acid groups is 2. The average molecular weight is 1610 g/mol. The van der Waals surface area contributed by atoms with Crippen LogP contribution in [0.3, 0.4) is 0 Å². The summed E-state index contributed by atoms with van der Waals surface area (Å²) in [5, 5.41) is 10.7. The van der Waals surface area contributed by atoms with Crippen LogP contribution in [-0.2, 0) is 65.4 Å². The molecule has 5 unspecified atom stereocenters. The molecular formula is C93H156O17P2. The Hall–Kier alpha value is -5.32. The first-order valence-corrected chi connectivity index (χ1v) is 46.7. The second-order valence-corrected chi connectivity index (χ2v) is 31.6. The number of esters is 4. The molecule has 3 N–H and O–H groups in total. The Bertz CT molecular complexity index is 2740. The first-order valence-electron chi connectivity index (χ1n) is 43.7. The van der Waals surface area contributed by atoms with Crippen LogP contribution in [0.25, 0.3) is 0 Å². The van der Waals surface area contributed by atoms with Crippen molar-refractivity contribution in [1.29, 1.82) is 0 Å². The first kappa shape index (κ1) is 107. The van der Waals surface area contributed by atoms with Crippen LogP contribution < -0.4 is 0 Å². The number of unbranched alkanes of at least 4 members (excludes halogenated alkanes) is 29. The maximum atomic E-state index is 13.2. The maximum Gasteiger partial charge on any atom is 0.472 e. The third kappa shape index (κ3) is 82.7. The number of ether oxygens (including phenoxy) is 4. The van der Waals surface area contributed by atoms with Gasteiger partial charge in [0.15, 0.2) is 12.2 Å². The number of aliphatic hydroxyl groups excluding tert-OH is 1. The minimum absolute atomic E-state index is 0.0680. The van der Waals surface area contributed by atoms with Crippen LogP contribution in [0.5, 0.6) is 0 Å². The van der Waals surface area contributed by atoms with E-state index in [4.69, 9.17) is 37.0 Å². The van der Waals surface area contributed by atoms with Crippen LogP contribution in [0.1, 0.15) is 349 Å². The van der Waals surface area contributed by atoms with Crippen molar-refractivity contribution in [2.24, 2.45) is 0 Å². The average Bonchev–Trinajstić information content (AvgIpc) is 0.898. The molecule has 640 valence electrons. The fraction of sp³-hybridized carbons (Fsp3) is 0.677. The summed E-state index contributed by atoms with van der Waals surface area (Å²) in [5.41, 5.74) is 0. The number of rotatable bonds is 81. The molecule has 0 saturated carbocycles. The molecule has 0 fully saturated rings. The molecule has 0 heterocycles. The van der Waals surface area contributed by atoms with Crippen molar-refractivity contribution in [3.63, 3.8) is 0 Å². The zero-order valence-corrected chi connectivity index (χ0v) is 72.1. The topological polar surface area (TPSA) is 237 Å². The lowest BCUT2D eigenvalue weighted by atomic mass is 10.1. The van der Waals surface area contributed by atoms with E-state index in [0.717, 1.165) is 231 Å². The van der Waals surface area contributed by atoms with E-state index in [1.54, 1.807) is 0 Å². The highest BCUT2D eigenvalue weighted by Crippen LogP contribution is 2.45. The molecular weight excluding hydrogens is 1450 g/mol. The van der Waals surface area contributed by atoms with Crippen molar-refractivity contribution in [2.75, 3.05) is 39.6 Å². The summed E-state index contributed by atoms with van der Waals surface area (Å²) in [6.45, 7) is 4.57. The van der Waals surface area contributed by atoms with Crippen molar-refractivity contribution >= 4 is 39.5 Å². The van der Waals surface area contributed by atoms with Crippen molar-refractivity contribution < 1.29 is 80.2 Å². The molecule has 19 heteroatoms. The molecule has 0 aromatic rings. The highest BCUT2D eigenvalue weighted by Gasteiger charge is 2.30. The summed E-state index contributed by atoms with van der Waals surface area (Å²) in [4.78, 5) is 73.4. The highest BCUT2D eigenvalue weighted by atomic mass is 31.2. The van der Waals surface area contributed by atoms with Gasteiger partial charge in [-0.1, -0.05) is 308 Å².